The van der Waals surface area contributed by atoms with Gasteiger partial charge in [-0.1, -0.05) is 78.9 Å². The molecule has 0 bridgehead atoms. The SMILES string of the molecule is CCNC(=O)Nc1cccc(N2CC(c3ccc(OC)c(OC4CCCC4)c3)CC2=O)c1.COc1ccc(C2CC(=O)N(c3cccc(NC(=O)Nc4ccccc4)c3)C2)cc1OC1CCCC1.[C-]#[N+]c1cccc(N2C[C@H](c3ccc(OC(C)C)c(OC4CCCC4)c3)CC2=O)c1.[C-]#[N+]c1cccc(N2C[C@H](c3ccc(OCC)c(OC4CCCC4)c3)CC2=O)c1. The number of hydrogen-bond acceptors (Lipinski definition) is 14. The Morgan fingerprint density at radius 2 is 0.685 bits per heavy atom. The maximum atomic E-state index is 13.0. The summed E-state index contributed by atoms with van der Waals surface area (Å²) in [6.45, 7) is 25.8. The Hall–Kier alpha value is -13.2. The number of rotatable bonds is 26. The van der Waals surface area contributed by atoms with Crippen LogP contribution in [0.4, 0.5) is 60.8 Å². The summed E-state index contributed by atoms with van der Waals surface area (Å²) < 4.78 is 47.9. The number of nitrogens with zero attached hydrogens (tertiary/aromatic N) is 6. The smallest absolute Gasteiger partial charge is 0.323 e. The lowest BCUT2D eigenvalue weighted by atomic mass is 9.98. The summed E-state index contributed by atoms with van der Waals surface area (Å²) in [4.78, 5) is 89.6. The first-order chi connectivity index (χ1) is 61.9. The minimum Gasteiger partial charge on any atom is -0.493 e. The summed E-state index contributed by atoms with van der Waals surface area (Å²) in [6.07, 6.45) is 21.0. The van der Waals surface area contributed by atoms with E-state index in [0.717, 1.165) is 142 Å². The molecular formula is C103H116N10O14. The second-order valence-electron chi connectivity index (χ2n) is 33.8. The van der Waals surface area contributed by atoms with Crippen molar-refractivity contribution in [2.45, 2.75) is 210 Å². The normalized spacial score (nSPS) is 18.7. The molecule has 4 N–H and O–H groups in total. The van der Waals surface area contributed by atoms with Crippen LogP contribution in [0.5, 0.6) is 46.0 Å². The van der Waals surface area contributed by atoms with Crippen molar-refractivity contribution in [2.75, 3.05) is 89.1 Å². The van der Waals surface area contributed by atoms with E-state index in [0.29, 0.717) is 93.5 Å². The van der Waals surface area contributed by atoms with E-state index < -0.39 is 0 Å². The molecule has 127 heavy (non-hydrogen) atoms. The molecular weight excluding hydrogens is 1600 g/mol. The summed E-state index contributed by atoms with van der Waals surface area (Å²) in [6, 6.07) is 62.1. The second kappa shape index (κ2) is 43.6. The van der Waals surface area contributed by atoms with Crippen molar-refractivity contribution < 1.29 is 66.7 Å². The van der Waals surface area contributed by atoms with Crippen molar-refractivity contribution >= 4 is 86.9 Å². The molecule has 0 radical (unpaired) electrons. The van der Waals surface area contributed by atoms with Gasteiger partial charge in [0.1, 0.15) is 0 Å². The van der Waals surface area contributed by atoms with Gasteiger partial charge in [0.15, 0.2) is 57.4 Å². The van der Waals surface area contributed by atoms with Crippen molar-refractivity contribution in [1.82, 2.24) is 5.32 Å². The molecule has 662 valence electrons. The molecule has 4 atom stereocenters. The van der Waals surface area contributed by atoms with Crippen LogP contribution in [0.3, 0.4) is 0 Å². The highest BCUT2D eigenvalue weighted by atomic mass is 16.5. The monoisotopic (exact) mass is 1720 g/mol. The van der Waals surface area contributed by atoms with E-state index in [2.05, 4.69) is 49.2 Å². The summed E-state index contributed by atoms with van der Waals surface area (Å²) in [7, 11) is 3.30. The molecule has 4 heterocycles. The van der Waals surface area contributed by atoms with Crippen molar-refractivity contribution in [2.24, 2.45) is 0 Å². The average Bonchev–Trinajstić information content (AvgIpc) is 1.68. The fraction of sp³-hybridized carbons (Fsp3) is 0.398. The lowest BCUT2D eigenvalue weighted by Crippen LogP contribution is -2.28. The Morgan fingerprint density at radius 1 is 0.370 bits per heavy atom. The third kappa shape index (κ3) is 23.9. The third-order valence-corrected chi connectivity index (χ3v) is 24.5. The quantitative estimate of drug-likeness (QED) is 0.0369. The summed E-state index contributed by atoms with van der Waals surface area (Å²) in [5, 5.41) is 11.2. The minimum atomic E-state index is -0.336. The Bertz CT molecular complexity index is 5400. The maximum absolute atomic E-state index is 13.0. The van der Waals surface area contributed by atoms with Crippen LogP contribution in [0.15, 0.2) is 200 Å². The zero-order valence-corrected chi connectivity index (χ0v) is 73.5. The van der Waals surface area contributed by atoms with E-state index in [-0.39, 0.29) is 89.9 Å². The summed E-state index contributed by atoms with van der Waals surface area (Å²) in [5.74, 6) is 6.68. The van der Waals surface area contributed by atoms with Crippen LogP contribution in [-0.4, -0.2) is 120 Å². The van der Waals surface area contributed by atoms with Crippen LogP contribution in [0, 0.1) is 13.1 Å². The molecule has 17 rings (SSSR count). The van der Waals surface area contributed by atoms with E-state index in [1.54, 1.807) is 58.1 Å². The van der Waals surface area contributed by atoms with Gasteiger partial charge in [0.2, 0.25) is 23.6 Å². The molecule has 4 saturated carbocycles. The first-order valence-electron chi connectivity index (χ1n) is 45.0. The molecule has 9 aromatic rings. The van der Waals surface area contributed by atoms with Crippen molar-refractivity contribution in [3.05, 3.63) is 245 Å². The van der Waals surface area contributed by atoms with Gasteiger partial charge in [0.25, 0.3) is 0 Å². The van der Waals surface area contributed by atoms with Crippen LogP contribution in [0.25, 0.3) is 9.69 Å². The van der Waals surface area contributed by atoms with Gasteiger partial charge in [-0.05, 0) is 274 Å². The molecule has 8 amide bonds. The Kier molecular flexibility index (Phi) is 30.9. The second-order valence-corrected chi connectivity index (χ2v) is 33.8. The molecule has 24 heteroatoms. The Labute approximate surface area is 745 Å². The number of amides is 8. The van der Waals surface area contributed by atoms with E-state index in [4.69, 9.17) is 51.0 Å². The highest BCUT2D eigenvalue weighted by molar-refractivity contribution is 6.02. The summed E-state index contributed by atoms with van der Waals surface area (Å²) in [5.41, 5.74) is 10.5. The standard InChI is InChI=1S/C29H31N3O4.C25H31N3O4.C25H28N2O3.C24H26N2O3/c1-35-26-15-14-20(16-27(26)36-25-12-5-6-13-25)21-17-28(33)32(19-21)24-11-7-10-23(18-24)31-29(34)30-22-8-3-2-4-9-22;1-3-26-25(30)27-19-7-6-8-20(15-19)28-16-18(14-24(28)29)17-11-12-22(31-2)23(13-17)32-21-9-4-5-10-21;1-17(2)29-23-12-11-18(13-24(23)30-22-9-4-5-10-22)19-14-25(28)27(16-19)21-8-6-7-20(15-21)26-3;1-3-28-22-12-11-17(13-23(22)29-21-9-4-5-10-21)18-14-24(27)26(16-18)20-8-6-7-19(15-20)25-2/h2-4,7-11,14-16,18,21,25H,5-6,12-13,17,19H2,1H3,(H2,30,31,34);6-8,11-13,15,18,21H,3-5,9-10,14,16H2,1-2H3,(H2,26,27,30);6-8,11-13,15,17,19,22H,4-5,9-10,14,16H2,1-2H3;6-8,11-13,15,18,21H,3-5,9-10,14,16H2,1H3/t;;19-;18-/m..11/s1. The predicted molar refractivity (Wildman–Crippen MR) is 496 cm³/mol. The molecule has 4 aliphatic carbocycles. The summed E-state index contributed by atoms with van der Waals surface area (Å²) >= 11 is 0. The third-order valence-electron chi connectivity index (χ3n) is 24.5. The molecule has 0 aromatic heterocycles. The number of carbonyl (C=O) groups is 6. The fourth-order valence-electron chi connectivity index (χ4n) is 18.0. The van der Waals surface area contributed by atoms with Crippen molar-refractivity contribution in [1.29, 1.82) is 0 Å². The number of benzene rings is 9. The van der Waals surface area contributed by atoms with Crippen molar-refractivity contribution in [3.8, 4) is 46.0 Å². The van der Waals surface area contributed by atoms with Crippen LogP contribution in [-0.2, 0) is 19.2 Å². The Morgan fingerprint density at radius 3 is 1.03 bits per heavy atom. The van der Waals surface area contributed by atoms with Crippen LogP contribution in [0.2, 0.25) is 0 Å². The van der Waals surface area contributed by atoms with E-state index in [1.165, 1.54) is 51.4 Å². The van der Waals surface area contributed by atoms with Gasteiger partial charge >= 0.3 is 12.1 Å². The highest BCUT2D eigenvalue weighted by Crippen LogP contribution is 2.45. The van der Waals surface area contributed by atoms with Gasteiger partial charge < -0.3 is 78.8 Å². The van der Waals surface area contributed by atoms with Gasteiger partial charge in [-0.2, -0.15) is 0 Å². The minimum absolute atomic E-state index is 0.0485. The average molecular weight is 1720 g/mol. The molecule has 8 aliphatic rings. The number of para-hydroxylation sites is 1. The predicted octanol–water partition coefficient (Wildman–Crippen LogP) is 22.2. The number of urea groups is 2. The number of ether oxygens (including phenoxy) is 8. The molecule has 0 spiro atoms. The number of hydrogen-bond donors (Lipinski definition) is 4. The number of anilines is 7. The van der Waals surface area contributed by atoms with Gasteiger partial charge in [-0.15, -0.1) is 0 Å². The van der Waals surface area contributed by atoms with E-state index >= 15 is 0 Å². The highest BCUT2D eigenvalue weighted by Gasteiger charge is 2.38. The topological polar surface area (TPSA) is 246 Å². The number of methoxy groups -OCH3 is 2. The lowest BCUT2D eigenvalue weighted by molar-refractivity contribution is -0.118. The molecule has 9 aromatic carbocycles. The molecule has 4 aliphatic heterocycles. The fourth-order valence-corrected chi connectivity index (χ4v) is 18.0. The van der Waals surface area contributed by atoms with Crippen LogP contribution < -0.4 is 78.8 Å². The van der Waals surface area contributed by atoms with Crippen LogP contribution >= 0.6 is 0 Å². The van der Waals surface area contributed by atoms with Crippen molar-refractivity contribution in [3.63, 3.8) is 0 Å². The van der Waals surface area contributed by atoms with Crippen LogP contribution in [0.1, 0.15) is 202 Å². The Balaban J connectivity index is 0.000000138. The molecule has 2 unspecified atom stereocenters. The molecule has 8 fully saturated rings. The lowest BCUT2D eigenvalue weighted by Gasteiger charge is -2.21. The zero-order chi connectivity index (χ0) is 88.7. The van der Waals surface area contributed by atoms with E-state index in [9.17, 15) is 28.8 Å². The van der Waals surface area contributed by atoms with E-state index in [1.807, 2.05) is 185 Å². The van der Waals surface area contributed by atoms with Gasteiger partial charge in [-0.3, -0.25) is 19.2 Å². The molecule has 24 nitrogen and oxygen atoms in total. The van der Waals surface area contributed by atoms with Gasteiger partial charge in [0.05, 0.1) is 64.5 Å². The largest absolute Gasteiger partial charge is 0.493 e. The van der Waals surface area contributed by atoms with Gasteiger partial charge in [0, 0.05) is 122 Å². The number of nitrogens with one attached hydrogen (secondary N) is 4. The maximum Gasteiger partial charge on any atom is 0.323 e. The molecule has 4 saturated heterocycles. The first kappa shape index (κ1) is 90.0. The number of carbonyl (C=O) groups excluding carboxylic acids is 6. The zero-order valence-electron chi connectivity index (χ0n) is 73.5. The van der Waals surface area contributed by atoms with Gasteiger partial charge in [-0.25, -0.2) is 19.3 Å². The first-order valence-corrected chi connectivity index (χ1v) is 45.0.